The first-order valence-corrected chi connectivity index (χ1v) is 8.76. The maximum Gasteiger partial charge on any atom is 0.237 e. The molecule has 0 bridgehead atoms. The molecule has 1 N–H and O–H groups in total. The average Bonchev–Trinajstić information content (AvgIpc) is 3.04. The second-order valence-corrected chi connectivity index (χ2v) is 6.68. The monoisotopic (exact) mass is 353 g/mol. The second kappa shape index (κ2) is 8.31. The highest BCUT2D eigenvalue weighted by molar-refractivity contribution is 7.99. The van der Waals surface area contributed by atoms with Gasteiger partial charge in [0.2, 0.25) is 5.91 Å². The van der Waals surface area contributed by atoms with Crippen LogP contribution >= 0.6 is 23.4 Å². The number of nitrogens with one attached hydrogen (secondary N) is 1. The van der Waals surface area contributed by atoms with Crippen molar-refractivity contribution in [2.45, 2.75) is 31.3 Å². The first-order chi connectivity index (χ1) is 11.0. The van der Waals surface area contributed by atoms with Crippen molar-refractivity contribution in [3.05, 3.63) is 46.9 Å². The minimum absolute atomic E-state index is 0.0518. The summed E-state index contributed by atoms with van der Waals surface area (Å²) in [5, 5.41) is 3.38. The molecule has 1 atom stereocenters. The van der Waals surface area contributed by atoms with Gasteiger partial charge >= 0.3 is 0 Å². The standard InChI is InChI=1S/C17H20ClNO3S/c1-4-16(23-10-12-6-5-7-22-12)17(20)19-14-8-11(2)13(18)9-15(14)21-3/h5-9,16H,4,10H2,1-3H3,(H,19,20). The van der Waals surface area contributed by atoms with E-state index in [0.717, 1.165) is 17.7 Å². The number of anilines is 1. The number of ether oxygens (including phenoxy) is 1. The number of aryl methyl sites for hydroxylation is 1. The van der Waals surface area contributed by atoms with E-state index in [4.69, 9.17) is 20.8 Å². The second-order valence-electron chi connectivity index (χ2n) is 5.08. The fraction of sp³-hybridized carbons (Fsp3) is 0.353. The van der Waals surface area contributed by atoms with Crippen molar-refractivity contribution in [2.75, 3.05) is 12.4 Å². The van der Waals surface area contributed by atoms with Gasteiger partial charge in [-0.25, -0.2) is 0 Å². The van der Waals surface area contributed by atoms with E-state index in [9.17, 15) is 4.79 Å². The number of hydrogen-bond donors (Lipinski definition) is 1. The quantitative estimate of drug-likeness (QED) is 0.769. The van der Waals surface area contributed by atoms with Crippen molar-refractivity contribution in [2.24, 2.45) is 0 Å². The number of carbonyl (C=O) groups is 1. The molecule has 0 saturated carbocycles. The number of furan rings is 1. The lowest BCUT2D eigenvalue weighted by Crippen LogP contribution is -2.25. The van der Waals surface area contributed by atoms with Crippen LogP contribution in [0.1, 0.15) is 24.7 Å². The maximum atomic E-state index is 12.5. The van der Waals surface area contributed by atoms with E-state index in [1.54, 1.807) is 31.2 Å². The van der Waals surface area contributed by atoms with Gasteiger partial charge in [0.05, 0.1) is 30.1 Å². The Morgan fingerprint density at radius 1 is 1.48 bits per heavy atom. The van der Waals surface area contributed by atoms with Crippen molar-refractivity contribution in [1.82, 2.24) is 0 Å². The summed E-state index contributed by atoms with van der Waals surface area (Å²) in [5.74, 6) is 2.03. The van der Waals surface area contributed by atoms with Crippen molar-refractivity contribution >= 4 is 35.0 Å². The Hall–Kier alpha value is -1.59. The summed E-state index contributed by atoms with van der Waals surface area (Å²) in [6.45, 7) is 3.88. The van der Waals surface area contributed by atoms with Gasteiger partial charge < -0.3 is 14.5 Å². The molecule has 0 spiro atoms. The molecule has 1 unspecified atom stereocenters. The van der Waals surface area contributed by atoms with Crippen LogP contribution in [0.3, 0.4) is 0 Å². The molecule has 1 heterocycles. The zero-order valence-electron chi connectivity index (χ0n) is 13.4. The zero-order valence-corrected chi connectivity index (χ0v) is 15.0. The third-order valence-corrected chi connectivity index (χ3v) is 5.22. The molecule has 1 aromatic heterocycles. The third kappa shape index (κ3) is 4.69. The van der Waals surface area contributed by atoms with Crippen molar-refractivity contribution in [3.8, 4) is 5.75 Å². The Morgan fingerprint density at radius 2 is 2.26 bits per heavy atom. The summed E-state index contributed by atoms with van der Waals surface area (Å²) in [4.78, 5) is 12.5. The number of benzene rings is 1. The Labute approximate surface area is 145 Å². The summed E-state index contributed by atoms with van der Waals surface area (Å²) >= 11 is 7.65. The van der Waals surface area contributed by atoms with Gasteiger partial charge in [0.15, 0.2) is 0 Å². The first-order valence-electron chi connectivity index (χ1n) is 7.34. The Kier molecular flexibility index (Phi) is 6.42. The van der Waals surface area contributed by atoms with E-state index in [1.165, 1.54) is 0 Å². The topological polar surface area (TPSA) is 51.5 Å². The van der Waals surface area contributed by atoms with Gasteiger partial charge in [0, 0.05) is 11.1 Å². The molecule has 0 aliphatic carbocycles. The van der Waals surface area contributed by atoms with Crippen LogP contribution in [0.25, 0.3) is 0 Å². The number of amides is 1. The van der Waals surface area contributed by atoms with Crippen LogP contribution in [-0.2, 0) is 10.5 Å². The Morgan fingerprint density at radius 3 is 2.87 bits per heavy atom. The lowest BCUT2D eigenvalue weighted by Gasteiger charge is -2.17. The van der Waals surface area contributed by atoms with Gasteiger partial charge in [-0.2, -0.15) is 0 Å². The first kappa shape index (κ1) is 17.8. The highest BCUT2D eigenvalue weighted by Crippen LogP contribution is 2.32. The number of halogens is 1. The SMILES string of the molecule is CCC(SCc1ccco1)C(=O)Nc1cc(C)c(Cl)cc1OC. The predicted octanol–water partition coefficient (Wildman–Crippen LogP) is 4.90. The lowest BCUT2D eigenvalue weighted by molar-refractivity contribution is -0.115. The van der Waals surface area contributed by atoms with Crippen LogP contribution in [-0.4, -0.2) is 18.3 Å². The smallest absolute Gasteiger partial charge is 0.237 e. The molecule has 6 heteroatoms. The summed E-state index contributed by atoms with van der Waals surface area (Å²) in [7, 11) is 1.56. The average molecular weight is 354 g/mol. The Bertz CT molecular complexity index is 658. The minimum atomic E-state index is -0.166. The molecule has 0 aliphatic heterocycles. The molecule has 1 aromatic carbocycles. The van der Waals surface area contributed by atoms with Gasteiger partial charge in [0.1, 0.15) is 11.5 Å². The highest BCUT2D eigenvalue weighted by atomic mass is 35.5. The molecular formula is C17H20ClNO3S. The highest BCUT2D eigenvalue weighted by Gasteiger charge is 2.19. The number of hydrogen-bond acceptors (Lipinski definition) is 4. The third-order valence-electron chi connectivity index (χ3n) is 3.41. The molecular weight excluding hydrogens is 334 g/mol. The Balaban J connectivity index is 2.05. The van der Waals surface area contributed by atoms with E-state index in [2.05, 4.69) is 5.32 Å². The normalized spacial score (nSPS) is 12.0. The molecule has 23 heavy (non-hydrogen) atoms. The van der Waals surface area contributed by atoms with E-state index in [0.29, 0.717) is 22.2 Å². The van der Waals surface area contributed by atoms with E-state index in [-0.39, 0.29) is 11.2 Å². The molecule has 2 aromatic rings. The van der Waals surface area contributed by atoms with Crippen molar-refractivity contribution in [3.63, 3.8) is 0 Å². The number of thioether (sulfide) groups is 1. The van der Waals surface area contributed by atoms with Gasteiger partial charge in [-0.05, 0) is 37.1 Å². The van der Waals surface area contributed by atoms with Gasteiger partial charge in [-0.3, -0.25) is 4.79 Å². The van der Waals surface area contributed by atoms with Gasteiger partial charge in [0.25, 0.3) is 0 Å². The number of rotatable bonds is 7. The minimum Gasteiger partial charge on any atom is -0.495 e. The van der Waals surface area contributed by atoms with E-state index in [1.807, 2.05) is 32.0 Å². The molecule has 124 valence electrons. The molecule has 4 nitrogen and oxygen atoms in total. The number of methoxy groups -OCH3 is 1. The fourth-order valence-corrected chi connectivity index (χ4v) is 3.23. The molecule has 0 aliphatic rings. The maximum absolute atomic E-state index is 12.5. The van der Waals surface area contributed by atoms with Crippen molar-refractivity contribution in [1.29, 1.82) is 0 Å². The molecule has 0 fully saturated rings. The van der Waals surface area contributed by atoms with Crippen LogP contribution < -0.4 is 10.1 Å². The predicted molar refractivity (Wildman–Crippen MR) is 95.5 cm³/mol. The number of carbonyl (C=O) groups excluding carboxylic acids is 1. The summed E-state index contributed by atoms with van der Waals surface area (Å²) in [6, 6.07) is 7.29. The van der Waals surface area contributed by atoms with Crippen LogP contribution in [0.4, 0.5) is 5.69 Å². The van der Waals surface area contributed by atoms with Gasteiger partial charge in [-0.15, -0.1) is 11.8 Å². The lowest BCUT2D eigenvalue weighted by atomic mass is 10.2. The molecule has 0 radical (unpaired) electrons. The van der Waals surface area contributed by atoms with Crippen LogP contribution in [0.15, 0.2) is 34.9 Å². The van der Waals surface area contributed by atoms with Crippen LogP contribution in [0.5, 0.6) is 5.75 Å². The zero-order chi connectivity index (χ0) is 16.8. The van der Waals surface area contributed by atoms with Crippen molar-refractivity contribution < 1.29 is 13.9 Å². The molecule has 0 saturated heterocycles. The van der Waals surface area contributed by atoms with Gasteiger partial charge in [-0.1, -0.05) is 18.5 Å². The summed E-state index contributed by atoms with van der Waals surface area (Å²) in [6.07, 6.45) is 2.37. The molecule has 2 rings (SSSR count). The largest absolute Gasteiger partial charge is 0.495 e. The summed E-state index contributed by atoms with van der Waals surface area (Å²) in [5.41, 5.74) is 1.52. The summed E-state index contributed by atoms with van der Waals surface area (Å²) < 4.78 is 10.6. The van der Waals surface area contributed by atoms with E-state index >= 15 is 0 Å². The van der Waals surface area contributed by atoms with Crippen LogP contribution in [0, 0.1) is 6.92 Å². The van der Waals surface area contributed by atoms with Crippen LogP contribution in [0.2, 0.25) is 5.02 Å². The fourth-order valence-electron chi connectivity index (χ4n) is 2.10. The van der Waals surface area contributed by atoms with E-state index < -0.39 is 0 Å². The molecule has 1 amide bonds.